The molecule has 0 bridgehead atoms. The van der Waals surface area contributed by atoms with Gasteiger partial charge in [-0.2, -0.15) is 5.10 Å². The van der Waals surface area contributed by atoms with Crippen LogP contribution in [0, 0.1) is 0 Å². The molecule has 0 unspecified atom stereocenters. The SMILES string of the molecule is CN=C(NCCCn1cccn1)NCc1ccccc1CN(C)Cc1ccco1. The van der Waals surface area contributed by atoms with Crippen LogP contribution in [0.1, 0.15) is 23.3 Å². The van der Waals surface area contributed by atoms with Crippen molar-refractivity contribution in [2.45, 2.75) is 32.6 Å². The third kappa shape index (κ3) is 6.80. The Labute approximate surface area is 172 Å². The van der Waals surface area contributed by atoms with E-state index in [0.717, 1.165) is 50.9 Å². The fraction of sp³-hybridized carbons (Fsp3) is 0.364. The number of aromatic nitrogens is 2. The molecule has 2 heterocycles. The van der Waals surface area contributed by atoms with Crippen LogP contribution in [0.3, 0.4) is 0 Å². The lowest BCUT2D eigenvalue weighted by Crippen LogP contribution is -2.37. The van der Waals surface area contributed by atoms with Gasteiger partial charge in [0.05, 0.1) is 12.8 Å². The molecule has 0 fully saturated rings. The van der Waals surface area contributed by atoms with Crippen molar-refractivity contribution in [2.24, 2.45) is 4.99 Å². The van der Waals surface area contributed by atoms with E-state index in [2.05, 4.69) is 56.9 Å². The number of hydrogen-bond acceptors (Lipinski definition) is 4. The molecule has 0 aliphatic carbocycles. The van der Waals surface area contributed by atoms with E-state index in [9.17, 15) is 0 Å². The molecule has 154 valence electrons. The summed E-state index contributed by atoms with van der Waals surface area (Å²) in [5.41, 5.74) is 2.56. The van der Waals surface area contributed by atoms with Crippen molar-refractivity contribution in [1.82, 2.24) is 25.3 Å². The van der Waals surface area contributed by atoms with Gasteiger partial charge in [0.2, 0.25) is 0 Å². The quantitative estimate of drug-likeness (QED) is 0.314. The minimum absolute atomic E-state index is 0.726. The van der Waals surface area contributed by atoms with Gasteiger partial charge in [0.15, 0.2) is 5.96 Å². The van der Waals surface area contributed by atoms with E-state index >= 15 is 0 Å². The summed E-state index contributed by atoms with van der Waals surface area (Å²) in [5.74, 6) is 1.78. The van der Waals surface area contributed by atoms with E-state index < -0.39 is 0 Å². The van der Waals surface area contributed by atoms with Crippen LogP contribution < -0.4 is 10.6 Å². The van der Waals surface area contributed by atoms with Crippen molar-refractivity contribution in [3.63, 3.8) is 0 Å². The topological polar surface area (TPSA) is 70.6 Å². The Bertz CT molecular complexity index is 857. The smallest absolute Gasteiger partial charge is 0.191 e. The highest BCUT2D eigenvalue weighted by Crippen LogP contribution is 2.13. The zero-order valence-electron chi connectivity index (χ0n) is 17.2. The summed E-state index contributed by atoms with van der Waals surface area (Å²) in [6, 6.07) is 14.4. The molecular weight excluding hydrogens is 364 g/mol. The van der Waals surface area contributed by atoms with Gasteiger partial charge in [-0.05, 0) is 42.8 Å². The summed E-state index contributed by atoms with van der Waals surface area (Å²) in [6.07, 6.45) is 6.48. The Kier molecular flexibility index (Phi) is 7.89. The minimum Gasteiger partial charge on any atom is -0.468 e. The summed E-state index contributed by atoms with van der Waals surface area (Å²) in [7, 11) is 3.90. The average Bonchev–Trinajstić information content (AvgIpc) is 3.42. The molecule has 0 amide bonds. The lowest BCUT2D eigenvalue weighted by Gasteiger charge is -2.19. The Balaban J connectivity index is 1.46. The van der Waals surface area contributed by atoms with Gasteiger partial charge in [-0.15, -0.1) is 0 Å². The number of aliphatic imine (C=N–C) groups is 1. The van der Waals surface area contributed by atoms with Crippen molar-refractivity contribution in [2.75, 3.05) is 20.6 Å². The highest BCUT2D eigenvalue weighted by Gasteiger charge is 2.08. The fourth-order valence-corrected chi connectivity index (χ4v) is 3.18. The second-order valence-electron chi connectivity index (χ2n) is 7.00. The van der Waals surface area contributed by atoms with E-state index in [0.29, 0.717) is 0 Å². The lowest BCUT2D eigenvalue weighted by atomic mass is 10.1. The maximum atomic E-state index is 5.45. The van der Waals surface area contributed by atoms with Gasteiger partial charge < -0.3 is 15.1 Å². The van der Waals surface area contributed by atoms with Crippen molar-refractivity contribution in [3.8, 4) is 0 Å². The van der Waals surface area contributed by atoms with E-state index in [1.165, 1.54) is 11.1 Å². The molecule has 0 saturated carbocycles. The second-order valence-corrected chi connectivity index (χ2v) is 7.00. The zero-order chi connectivity index (χ0) is 20.3. The normalized spacial score (nSPS) is 11.8. The highest BCUT2D eigenvalue weighted by molar-refractivity contribution is 5.79. The molecule has 2 aromatic heterocycles. The number of benzene rings is 1. The van der Waals surface area contributed by atoms with E-state index in [-0.39, 0.29) is 0 Å². The average molecular weight is 395 g/mol. The van der Waals surface area contributed by atoms with Crippen LogP contribution in [0.25, 0.3) is 0 Å². The van der Waals surface area contributed by atoms with Crippen LogP contribution in [-0.4, -0.2) is 41.3 Å². The zero-order valence-corrected chi connectivity index (χ0v) is 17.2. The van der Waals surface area contributed by atoms with Gasteiger partial charge in [-0.25, -0.2) is 0 Å². The van der Waals surface area contributed by atoms with Gasteiger partial charge in [0, 0.05) is 45.6 Å². The van der Waals surface area contributed by atoms with Crippen LogP contribution in [0.5, 0.6) is 0 Å². The first kappa shape index (κ1) is 20.7. The van der Waals surface area contributed by atoms with Crippen molar-refractivity contribution in [1.29, 1.82) is 0 Å². The van der Waals surface area contributed by atoms with Gasteiger partial charge in [0.1, 0.15) is 5.76 Å². The Morgan fingerprint density at radius 2 is 1.97 bits per heavy atom. The predicted molar refractivity (Wildman–Crippen MR) is 115 cm³/mol. The Hall–Kier alpha value is -3.06. The Morgan fingerprint density at radius 3 is 2.69 bits per heavy atom. The molecule has 7 nitrogen and oxygen atoms in total. The van der Waals surface area contributed by atoms with E-state index in [1.54, 1.807) is 19.5 Å². The highest BCUT2D eigenvalue weighted by atomic mass is 16.3. The molecule has 29 heavy (non-hydrogen) atoms. The third-order valence-electron chi connectivity index (χ3n) is 4.65. The predicted octanol–water partition coefficient (Wildman–Crippen LogP) is 2.86. The number of furan rings is 1. The number of hydrogen-bond donors (Lipinski definition) is 2. The van der Waals surface area contributed by atoms with Crippen molar-refractivity contribution >= 4 is 5.96 Å². The molecule has 3 aromatic rings. The van der Waals surface area contributed by atoms with E-state index in [1.807, 2.05) is 29.1 Å². The van der Waals surface area contributed by atoms with Gasteiger partial charge in [-0.1, -0.05) is 24.3 Å². The number of nitrogens with one attached hydrogen (secondary N) is 2. The number of guanidine groups is 1. The Morgan fingerprint density at radius 1 is 1.10 bits per heavy atom. The number of rotatable bonds is 10. The molecule has 0 spiro atoms. The van der Waals surface area contributed by atoms with Gasteiger partial charge in [-0.3, -0.25) is 14.6 Å². The maximum Gasteiger partial charge on any atom is 0.191 e. The molecule has 0 aliphatic rings. The van der Waals surface area contributed by atoms with Crippen LogP contribution >= 0.6 is 0 Å². The molecule has 0 saturated heterocycles. The first-order chi connectivity index (χ1) is 14.2. The standard InChI is InChI=1S/C22H30N6O/c1-23-22(24-11-6-13-28-14-7-12-26-28)25-16-19-8-3-4-9-20(19)17-27(2)18-21-10-5-15-29-21/h3-5,7-10,12,14-15H,6,11,13,16-18H2,1-2H3,(H2,23,24,25). The first-order valence-corrected chi connectivity index (χ1v) is 9.94. The fourth-order valence-electron chi connectivity index (χ4n) is 3.18. The molecule has 0 atom stereocenters. The van der Waals surface area contributed by atoms with Crippen LogP contribution in [0.2, 0.25) is 0 Å². The van der Waals surface area contributed by atoms with Gasteiger partial charge in [0.25, 0.3) is 0 Å². The molecular formula is C22H30N6O. The maximum absolute atomic E-state index is 5.45. The molecule has 1 aromatic carbocycles. The second kappa shape index (κ2) is 11.1. The lowest BCUT2D eigenvalue weighted by molar-refractivity contribution is 0.287. The minimum atomic E-state index is 0.726. The molecule has 3 rings (SSSR count). The van der Waals surface area contributed by atoms with E-state index in [4.69, 9.17) is 4.42 Å². The van der Waals surface area contributed by atoms with Crippen LogP contribution in [-0.2, 0) is 26.2 Å². The summed E-state index contributed by atoms with van der Waals surface area (Å²) >= 11 is 0. The van der Waals surface area contributed by atoms with Crippen LogP contribution in [0.4, 0.5) is 0 Å². The summed E-state index contributed by atoms with van der Waals surface area (Å²) in [4.78, 5) is 6.58. The summed E-state index contributed by atoms with van der Waals surface area (Å²) in [6.45, 7) is 4.10. The monoisotopic (exact) mass is 394 g/mol. The summed E-state index contributed by atoms with van der Waals surface area (Å²) < 4.78 is 7.39. The van der Waals surface area contributed by atoms with Gasteiger partial charge >= 0.3 is 0 Å². The number of aryl methyl sites for hydroxylation is 1. The van der Waals surface area contributed by atoms with Crippen molar-refractivity contribution < 1.29 is 4.42 Å². The molecule has 7 heteroatoms. The molecule has 2 N–H and O–H groups in total. The third-order valence-corrected chi connectivity index (χ3v) is 4.65. The van der Waals surface area contributed by atoms with Crippen molar-refractivity contribution in [3.05, 3.63) is 78.0 Å². The number of nitrogens with zero attached hydrogens (tertiary/aromatic N) is 4. The molecule has 0 aliphatic heterocycles. The largest absolute Gasteiger partial charge is 0.468 e. The van der Waals surface area contributed by atoms with Crippen LogP contribution in [0.15, 0.2) is 70.5 Å². The first-order valence-electron chi connectivity index (χ1n) is 9.94. The summed E-state index contributed by atoms with van der Waals surface area (Å²) in [5, 5.41) is 11.0. The molecule has 0 radical (unpaired) electrons.